The molecular weight excluding hydrogens is 319 g/mol. The predicted molar refractivity (Wildman–Crippen MR) is 77.5 cm³/mol. The molecule has 118 valence electrons. The Morgan fingerprint density at radius 3 is 2.18 bits per heavy atom. The van der Waals surface area contributed by atoms with Crippen LogP contribution in [-0.4, -0.2) is 13.2 Å². The van der Waals surface area contributed by atoms with Crippen molar-refractivity contribution in [1.29, 1.82) is 0 Å². The molecule has 0 bridgehead atoms. The number of hydrogen-bond donors (Lipinski definition) is 1. The Labute approximate surface area is 130 Å². The van der Waals surface area contributed by atoms with Crippen molar-refractivity contribution in [3.05, 3.63) is 53.1 Å². The fraction of sp³-hybridized carbons (Fsp3) is 0.200. The van der Waals surface area contributed by atoms with Gasteiger partial charge in [0.2, 0.25) is 0 Å². The van der Waals surface area contributed by atoms with Crippen molar-refractivity contribution in [2.75, 3.05) is 13.2 Å². The van der Waals surface area contributed by atoms with Crippen molar-refractivity contribution in [1.82, 2.24) is 0 Å². The van der Waals surface area contributed by atoms with E-state index in [1.54, 1.807) is 12.1 Å². The van der Waals surface area contributed by atoms with E-state index in [0.29, 0.717) is 29.7 Å². The molecule has 0 saturated carbocycles. The molecule has 0 aliphatic heterocycles. The smallest absolute Gasteiger partial charge is 0.416 e. The first-order chi connectivity index (χ1) is 10.4. The normalized spacial score (nSPS) is 11.3. The molecule has 0 aliphatic rings. The standard InChI is InChI=1S/C15H13ClF3NO2/c16-13-9-12(5-6-14(13)21-8-7-20)22-11-3-1-10(2-4-11)15(17,18)19/h1-6,9H,7-8,20H2. The number of halogens is 4. The Morgan fingerprint density at radius 1 is 1.00 bits per heavy atom. The van der Waals surface area contributed by atoms with Gasteiger partial charge in [-0.3, -0.25) is 0 Å². The molecule has 3 nitrogen and oxygen atoms in total. The van der Waals surface area contributed by atoms with E-state index >= 15 is 0 Å². The molecule has 0 heterocycles. The lowest BCUT2D eigenvalue weighted by Gasteiger charge is -2.11. The highest BCUT2D eigenvalue weighted by Crippen LogP contribution is 2.33. The second-order valence-corrected chi connectivity index (χ2v) is 4.76. The van der Waals surface area contributed by atoms with Crippen molar-refractivity contribution in [2.24, 2.45) is 5.73 Å². The molecule has 0 radical (unpaired) electrons. The number of hydrogen-bond acceptors (Lipinski definition) is 3. The summed E-state index contributed by atoms with van der Waals surface area (Å²) in [6.45, 7) is 0.693. The van der Waals surface area contributed by atoms with E-state index < -0.39 is 11.7 Å². The number of benzene rings is 2. The summed E-state index contributed by atoms with van der Waals surface area (Å²) in [5.74, 6) is 1.14. The molecule has 7 heteroatoms. The maximum atomic E-state index is 12.5. The zero-order valence-corrected chi connectivity index (χ0v) is 12.1. The fourth-order valence-corrected chi connectivity index (χ4v) is 1.90. The third-order valence-electron chi connectivity index (χ3n) is 2.70. The summed E-state index contributed by atoms with van der Waals surface area (Å²) in [5.41, 5.74) is 4.60. The molecule has 2 rings (SSSR count). The molecule has 2 aromatic carbocycles. The lowest BCUT2D eigenvalue weighted by Crippen LogP contribution is -2.10. The van der Waals surface area contributed by atoms with Crippen LogP contribution in [0, 0.1) is 0 Å². The summed E-state index contributed by atoms with van der Waals surface area (Å²) in [6.07, 6.45) is -4.37. The molecule has 22 heavy (non-hydrogen) atoms. The molecule has 0 spiro atoms. The predicted octanol–water partition coefficient (Wildman–Crippen LogP) is 4.49. The van der Waals surface area contributed by atoms with Crippen LogP contribution in [0.3, 0.4) is 0 Å². The van der Waals surface area contributed by atoms with Crippen LogP contribution in [0.15, 0.2) is 42.5 Å². The average Bonchev–Trinajstić information content (AvgIpc) is 2.46. The molecule has 0 aromatic heterocycles. The van der Waals surface area contributed by atoms with Crippen LogP contribution >= 0.6 is 11.6 Å². The van der Waals surface area contributed by atoms with Gasteiger partial charge in [0.15, 0.2) is 0 Å². The summed E-state index contributed by atoms with van der Waals surface area (Å²) in [6, 6.07) is 9.13. The first-order valence-electron chi connectivity index (χ1n) is 6.37. The van der Waals surface area contributed by atoms with E-state index in [2.05, 4.69) is 0 Å². The molecular formula is C15H13ClF3NO2. The third kappa shape index (κ3) is 4.29. The largest absolute Gasteiger partial charge is 0.491 e. The van der Waals surface area contributed by atoms with Gasteiger partial charge in [0.25, 0.3) is 0 Å². The van der Waals surface area contributed by atoms with Crippen LogP contribution in [-0.2, 0) is 6.18 Å². The van der Waals surface area contributed by atoms with Gasteiger partial charge < -0.3 is 15.2 Å². The van der Waals surface area contributed by atoms with Gasteiger partial charge in [0.05, 0.1) is 10.6 Å². The van der Waals surface area contributed by atoms with Gasteiger partial charge in [0, 0.05) is 12.6 Å². The number of ether oxygens (including phenoxy) is 2. The molecule has 0 saturated heterocycles. The highest BCUT2D eigenvalue weighted by atomic mass is 35.5. The third-order valence-corrected chi connectivity index (χ3v) is 2.99. The summed E-state index contributed by atoms with van der Waals surface area (Å²) in [4.78, 5) is 0. The molecule has 0 fully saturated rings. The van der Waals surface area contributed by atoms with Gasteiger partial charge in [-0.1, -0.05) is 11.6 Å². The van der Waals surface area contributed by atoms with Crippen LogP contribution in [0.4, 0.5) is 13.2 Å². The molecule has 0 amide bonds. The highest BCUT2D eigenvalue weighted by Gasteiger charge is 2.30. The maximum absolute atomic E-state index is 12.5. The zero-order valence-electron chi connectivity index (χ0n) is 11.4. The number of nitrogens with two attached hydrogens (primary N) is 1. The van der Waals surface area contributed by atoms with Crippen molar-refractivity contribution in [3.63, 3.8) is 0 Å². The van der Waals surface area contributed by atoms with Crippen LogP contribution in [0.25, 0.3) is 0 Å². The Morgan fingerprint density at radius 2 is 1.64 bits per heavy atom. The quantitative estimate of drug-likeness (QED) is 0.878. The van der Waals surface area contributed by atoms with Crippen LogP contribution in [0.5, 0.6) is 17.2 Å². The van der Waals surface area contributed by atoms with Gasteiger partial charge in [-0.2, -0.15) is 13.2 Å². The number of rotatable bonds is 5. The van der Waals surface area contributed by atoms with Gasteiger partial charge >= 0.3 is 6.18 Å². The summed E-state index contributed by atoms with van der Waals surface area (Å²) < 4.78 is 48.2. The first kappa shape index (κ1) is 16.5. The van der Waals surface area contributed by atoms with Crippen molar-refractivity contribution < 1.29 is 22.6 Å². The van der Waals surface area contributed by atoms with E-state index in [-0.39, 0.29) is 5.75 Å². The first-order valence-corrected chi connectivity index (χ1v) is 6.75. The van der Waals surface area contributed by atoms with E-state index in [9.17, 15) is 13.2 Å². The maximum Gasteiger partial charge on any atom is 0.416 e. The highest BCUT2D eigenvalue weighted by molar-refractivity contribution is 6.32. The summed E-state index contributed by atoms with van der Waals surface area (Å²) >= 11 is 6.02. The second kappa shape index (κ2) is 6.89. The zero-order chi connectivity index (χ0) is 16.2. The van der Waals surface area contributed by atoms with Gasteiger partial charge in [-0.15, -0.1) is 0 Å². The van der Waals surface area contributed by atoms with Crippen molar-refractivity contribution in [3.8, 4) is 17.2 Å². The molecule has 0 aliphatic carbocycles. The lowest BCUT2D eigenvalue weighted by atomic mass is 10.2. The minimum absolute atomic E-state index is 0.277. The summed E-state index contributed by atoms with van der Waals surface area (Å²) in [7, 11) is 0. The van der Waals surface area contributed by atoms with E-state index in [4.69, 9.17) is 26.8 Å². The van der Waals surface area contributed by atoms with Crippen LogP contribution < -0.4 is 15.2 Å². The topological polar surface area (TPSA) is 44.5 Å². The number of alkyl halides is 3. The Bertz CT molecular complexity index is 630. The second-order valence-electron chi connectivity index (χ2n) is 4.35. The molecule has 0 atom stereocenters. The molecule has 2 N–H and O–H groups in total. The summed E-state index contributed by atoms with van der Waals surface area (Å²) in [5, 5.41) is 0.331. The van der Waals surface area contributed by atoms with E-state index in [0.717, 1.165) is 12.1 Å². The SMILES string of the molecule is NCCOc1ccc(Oc2ccc(C(F)(F)F)cc2)cc1Cl. The van der Waals surface area contributed by atoms with Crippen LogP contribution in [0.1, 0.15) is 5.56 Å². The van der Waals surface area contributed by atoms with Gasteiger partial charge in [-0.25, -0.2) is 0 Å². The monoisotopic (exact) mass is 331 g/mol. The minimum Gasteiger partial charge on any atom is -0.491 e. The fourth-order valence-electron chi connectivity index (χ4n) is 1.68. The average molecular weight is 332 g/mol. The molecule has 2 aromatic rings. The Balaban J connectivity index is 2.09. The molecule has 0 unspecified atom stereocenters. The minimum atomic E-state index is -4.37. The Kier molecular flexibility index (Phi) is 5.15. The Hall–Kier alpha value is -1.92. The van der Waals surface area contributed by atoms with Crippen molar-refractivity contribution in [2.45, 2.75) is 6.18 Å². The van der Waals surface area contributed by atoms with E-state index in [1.807, 2.05) is 0 Å². The van der Waals surface area contributed by atoms with E-state index in [1.165, 1.54) is 18.2 Å². The van der Waals surface area contributed by atoms with Gasteiger partial charge in [-0.05, 0) is 36.4 Å². The lowest BCUT2D eigenvalue weighted by molar-refractivity contribution is -0.137. The van der Waals surface area contributed by atoms with Gasteiger partial charge in [0.1, 0.15) is 23.9 Å². The van der Waals surface area contributed by atoms with Crippen molar-refractivity contribution >= 4 is 11.6 Å². The van der Waals surface area contributed by atoms with Crippen LogP contribution in [0.2, 0.25) is 5.02 Å².